The first-order valence-corrected chi connectivity index (χ1v) is 5.07. The molecule has 82 valence electrons. The van der Waals surface area contributed by atoms with Crippen molar-refractivity contribution < 1.29 is 4.79 Å². The Morgan fingerprint density at radius 2 is 2.31 bits per heavy atom. The highest BCUT2D eigenvalue weighted by Gasteiger charge is 2.12. The molecule has 2 aromatic rings. The van der Waals surface area contributed by atoms with Crippen LogP contribution in [0.4, 0.5) is 0 Å². The summed E-state index contributed by atoms with van der Waals surface area (Å²) < 4.78 is 1.71. The summed E-state index contributed by atoms with van der Waals surface area (Å²) in [5.41, 5.74) is 0.961. The zero-order valence-corrected chi connectivity index (χ0v) is 9.21. The average Bonchev–Trinajstić information content (AvgIpc) is 2.76. The van der Waals surface area contributed by atoms with Gasteiger partial charge >= 0.3 is 0 Å². The lowest BCUT2D eigenvalue weighted by Crippen LogP contribution is -2.04. The van der Waals surface area contributed by atoms with Crippen molar-refractivity contribution in [1.29, 1.82) is 0 Å². The zero-order valence-electron chi connectivity index (χ0n) is 9.21. The molecule has 0 aliphatic carbocycles. The van der Waals surface area contributed by atoms with E-state index in [-0.39, 0.29) is 5.78 Å². The maximum Gasteiger partial charge on any atom is 0.214 e. The molecule has 0 radical (unpaired) electrons. The minimum Gasteiger partial charge on any atom is -0.287 e. The van der Waals surface area contributed by atoms with E-state index in [4.69, 9.17) is 0 Å². The SMILES string of the molecule is CCn1cc(C(=O)c2ccnc(C)n2)cn1. The van der Waals surface area contributed by atoms with Crippen molar-refractivity contribution in [2.45, 2.75) is 20.4 Å². The molecular formula is C11H12N4O. The van der Waals surface area contributed by atoms with Gasteiger partial charge in [0.2, 0.25) is 5.78 Å². The van der Waals surface area contributed by atoms with E-state index in [1.54, 1.807) is 36.3 Å². The normalized spacial score (nSPS) is 10.4. The van der Waals surface area contributed by atoms with Gasteiger partial charge in [-0.25, -0.2) is 9.97 Å². The Kier molecular flexibility index (Phi) is 2.76. The molecule has 0 N–H and O–H groups in total. The Morgan fingerprint density at radius 3 is 2.94 bits per heavy atom. The molecule has 0 amide bonds. The zero-order chi connectivity index (χ0) is 11.5. The van der Waals surface area contributed by atoms with Gasteiger partial charge in [0, 0.05) is 18.9 Å². The molecule has 5 heteroatoms. The molecule has 5 nitrogen and oxygen atoms in total. The van der Waals surface area contributed by atoms with Gasteiger partial charge in [0.05, 0.1) is 11.8 Å². The fourth-order valence-corrected chi connectivity index (χ4v) is 1.38. The van der Waals surface area contributed by atoms with E-state index in [1.807, 2.05) is 6.92 Å². The maximum absolute atomic E-state index is 12.0. The number of aryl methyl sites for hydroxylation is 2. The fraction of sp³-hybridized carbons (Fsp3) is 0.273. The minimum atomic E-state index is -0.120. The van der Waals surface area contributed by atoms with Crippen LogP contribution in [0.25, 0.3) is 0 Å². The van der Waals surface area contributed by atoms with E-state index in [0.717, 1.165) is 6.54 Å². The Labute approximate surface area is 93.2 Å². The molecule has 2 heterocycles. The van der Waals surface area contributed by atoms with E-state index in [9.17, 15) is 4.79 Å². The molecule has 2 aromatic heterocycles. The lowest BCUT2D eigenvalue weighted by atomic mass is 10.2. The van der Waals surface area contributed by atoms with Gasteiger partial charge in [-0.05, 0) is 19.9 Å². The van der Waals surface area contributed by atoms with E-state index >= 15 is 0 Å². The van der Waals surface area contributed by atoms with Crippen molar-refractivity contribution in [3.63, 3.8) is 0 Å². The Hall–Kier alpha value is -2.04. The smallest absolute Gasteiger partial charge is 0.214 e. The predicted molar refractivity (Wildman–Crippen MR) is 58.1 cm³/mol. The van der Waals surface area contributed by atoms with Crippen molar-refractivity contribution in [2.75, 3.05) is 0 Å². The molecule has 0 aromatic carbocycles. The first kappa shape index (κ1) is 10.5. The fourth-order valence-electron chi connectivity index (χ4n) is 1.38. The summed E-state index contributed by atoms with van der Waals surface area (Å²) in [6.45, 7) is 4.47. The summed E-state index contributed by atoms with van der Waals surface area (Å²) in [5, 5.41) is 4.06. The highest BCUT2D eigenvalue weighted by atomic mass is 16.1. The van der Waals surface area contributed by atoms with E-state index < -0.39 is 0 Å². The highest BCUT2D eigenvalue weighted by Crippen LogP contribution is 2.06. The predicted octanol–water partition coefficient (Wildman–Crippen LogP) is 1.23. The van der Waals surface area contributed by atoms with Crippen molar-refractivity contribution in [1.82, 2.24) is 19.7 Å². The number of nitrogens with zero attached hydrogens (tertiary/aromatic N) is 4. The van der Waals surface area contributed by atoms with E-state index in [0.29, 0.717) is 17.1 Å². The van der Waals surface area contributed by atoms with Crippen LogP contribution in [0.15, 0.2) is 24.7 Å². The van der Waals surface area contributed by atoms with Crippen LogP contribution in [-0.4, -0.2) is 25.5 Å². The first-order chi connectivity index (χ1) is 7.70. The molecule has 0 bridgehead atoms. The summed E-state index contributed by atoms with van der Waals surface area (Å²) in [6.07, 6.45) is 4.86. The van der Waals surface area contributed by atoms with Crippen LogP contribution in [0.1, 0.15) is 28.8 Å². The third kappa shape index (κ3) is 1.98. The average molecular weight is 216 g/mol. The standard InChI is InChI=1S/C11H12N4O/c1-3-15-7-9(6-13-15)11(16)10-4-5-12-8(2)14-10/h4-7H,3H2,1-2H3. The van der Waals surface area contributed by atoms with Crippen molar-refractivity contribution in [3.05, 3.63) is 41.7 Å². The molecular weight excluding hydrogens is 204 g/mol. The summed E-state index contributed by atoms with van der Waals surface area (Å²) in [5.74, 6) is 0.471. The van der Waals surface area contributed by atoms with Crippen molar-refractivity contribution >= 4 is 5.78 Å². The van der Waals surface area contributed by atoms with Gasteiger partial charge in [-0.1, -0.05) is 0 Å². The number of aromatic nitrogens is 4. The van der Waals surface area contributed by atoms with Crippen LogP contribution in [-0.2, 0) is 6.54 Å². The van der Waals surface area contributed by atoms with Gasteiger partial charge in [-0.2, -0.15) is 5.10 Å². The number of rotatable bonds is 3. The third-order valence-electron chi connectivity index (χ3n) is 2.23. The summed E-state index contributed by atoms with van der Waals surface area (Å²) in [6, 6.07) is 1.61. The third-order valence-corrected chi connectivity index (χ3v) is 2.23. The molecule has 2 rings (SSSR count). The molecule has 0 atom stereocenters. The van der Waals surface area contributed by atoms with Gasteiger partial charge in [0.1, 0.15) is 11.5 Å². The van der Waals surface area contributed by atoms with Crippen molar-refractivity contribution in [3.8, 4) is 0 Å². The van der Waals surface area contributed by atoms with Crippen LogP contribution in [0.2, 0.25) is 0 Å². The van der Waals surface area contributed by atoms with Crippen LogP contribution in [0.5, 0.6) is 0 Å². The summed E-state index contributed by atoms with van der Waals surface area (Å²) >= 11 is 0. The second-order valence-electron chi connectivity index (χ2n) is 3.40. The number of hydrogen-bond acceptors (Lipinski definition) is 4. The maximum atomic E-state index is 12.0. The highest BCUT2D eigenvalue weighted by molar-refractivity contribution is 6.07. The second kappa shape index (κ2) is 4.22. The molecule has 0 saturated heterocycles. The molecule has 0 aliphatic rings. The number of carbonyl (C=O) groups excluding carboxylic acids is 1. The van der Waals surface area contributed by atoms with Crippen LogP contribution in [0, 0.1) is 6.92 Å². The van der Waals surface area contributed by atoms with Crippen LogP contribution >= 0.6 is 0 Å². The monoisotopic (exact) mass is 216 g/mol. The Morgan fingerprint density at radius 1 is 1.50 bits per heavy atom. The van der Waals surface area contributed by atoms with Crippen LogP contribution < -0.4 is 0 Å². The summed E-state index contributed by atoms with van der Waals surface area (Å²) in [4.78, 5) is 20.0. The topological polar surface area (TPSA) is 60.7 Å². The second-order valence-corrected chi connectivity index (χ2v) is 3.40. The molecule has 0 aliphatic heterocycles. The van der Waals surface area contributed by atoms with E-state index in [2.05, 4.69) is 15.1 Å². The minimum absolute atomic E-state index is 0.120. The largest absolute Gasteiger partial charge is 0.287 e. The van der Waals surface area contributed by atoms with Gasteiger partial charge in [-0.15, -0.1) is 0 Å². The quantitative estimate of drug-likeness (QED) is 0.724. The number of hydrogen-bond donors (Lipinski definition) is 0. The van der Waals surface area contributed by atoms with Crippen molar-refractivity contribution in [2.24, 2.45) is 0 Å². The summed E-state index contributed by atoms with van der Waals surface area (Å²) in [7, 11) is 0. The van der Waals surface area contributed by atoms with Gasteiger partial charge in [0.25, 0.3) is 0 Å². The number of ketones is 1. The molecule has 0 saturated carbocycles. The first-order valence-electron chi connectivity index (χ1n) is 5.07. The van der Waals surface area contributed by atoms with Gasteiger partial charge < -0.3 is 0 Å². The number of carbonyl (C=O) groups is 1. The van der Waals surface area contributed by atoms with Gasteiger partial charge in [-0.3, -0.25) is 9.48 Å². The molecule has 0 spiro atoms. The lowest BCUT2D eigenvalue weighted by Gasteiger charge is -1.97. The Bertz CT molecular complexity index is 518. The van der Waals surface area contributed by atoms with E-state index in [1.165, 1.54) is 0 Å². The Balaban J connectivity index is 2.31. The van der Waals surface area contributed by atoms with Crippen LogP contribution in [0.3, 0.4) is 0 Å². The van der Waals surface area contributed by atoms with Gasteiger partial charge in [0.15, 0.2) is 0 Å². The molecule has 0 fully saturated rings. The molecule has 16 heavy (non-hydrogen) atoms. The lowest BCUT2D eigenvalue weighted by molar-refractivity contribution is 0.103. The molecule has 0 unspecified atom stereocenters.